The Morgan fingerprint density at radius 1 is 1.00 bits per heavy atom. The quantitative estimate of drug-likeness (QED) is 0.691. The first-order valence-corrected chi connectivity index (χ1v) is 10.1. The molecule has 0 atom stereocenters. The summed E-state index contributed by atoms with van der Waals surface area (Å²) >= 11 is 1.69. The van der Waals surface area contributed by atoms with Crippen LogP contribution in [-0.4, -0.2) is 37.9 Å². The number of thiophene rings is 1. The molecule has 0 unspecified atom stereocenters. The molecule has 1 aromatic carbocycles. The molecule has 0 saturated carbocycles. The van der Waals surface area contributed by atoms with Crippen molar-refractivity contribution < 1.29 is 14.3 Å². The fourth-order valence-electron chi connectivity index (χ4n) is 3.45. The van der Waals surface area contributed by atoms with Gasteiger partial charge in [0.1, 0.15) is 38.4 Å². The lowest BCUT2D eigenvalue weighted by molar-refractivity contribution is -1.02. The van der Waals surface area contributed by atoms with Gasteiger partial charge in [0.15, 0.2) is 5.76 Å². The van der Waals surface area contributed by atoms with E-state index in [0.717, 1.165) is 29.4 Å². The first-order chi connectivity index (χ1) is 12.9. The average Bonchev–Trinajstić information content (AvgIpc) is 3.36. The lowest BCUT2D eigenvalue weighted by Crippen LogP contribution is -3.27. The number of hydrogen-bond acceptors (Lipinski definition) is 3. The van der Waals surface area contributed by atoms with E-state index < -0.39 is 0 Å². The molecule has 0 bridgehead atoms. The predicted octanol–water partition coefficient (Wildman–Crippen LogP) is 1.40. The topological polar surface area (TPSA) is 34.9 Å². The molecule has 134 valence electrons. The summed E-state index contributed by atoms with van der Waals surface area (Å²) in [6.07, 6.45) is 4.54. The summed E-state index contributed by atoms with van der Waals surface area (Å²) < 4.78 is 5.50. The van der Waals surface area contributed by atoms with Crippen LogP contribution in [0.1, 0.15) is 11.3 Å². The van der Waals surface area contributed by atoms with E-state index >= 15 is 0 Å². The van der Waals surface area contributed by atoms with Crippen LogP contribution in [-0.2, 0) is 6.54 Å². The highest BCUT2D eigenvalue weighted by molar-refractivity contribution is 7.13. The highest BCUT2D eigenvalue weighted by Crippen LogP contribution is 2.24. The largest absolute Gasteiger partial charge is 0.355 e. The molecule has 1 fully saturated rings. The molecule has 0 aliphatic carbocycles. The summed E-state index contributed by atoms with van der Waals surface area (Å²) in [6, 6.07) is 16.7. The van der Waals surface area contributed by atoms with Crippen molar-refractivity contribution in [2.75, 3.05) is 32.7 Å². The molecule has 4 nitrogen and oxygen atoms in total. The van der Waals surface area contributed by atoms with Gasteiger partial charge in [0.05, 0.1) is 11.4 Å². The first kappa shape index (κ1) is 17.2. The van der Waals surface area contributed by atoms with Crippen molar-refractivity contribution >= 4 is 17.4 Å². The van der Waals surface area contributed by atoms with E-state index in [-0.39, 0.29) is 0 Å². The maximum absolute atomic E-state index is 5.50. The van der Waals surface area contributed by atoms with Gasteiger partial charge in [0, 0.05) is 6.07 Å². The number of nitrogens with one attached hydrogen (secondary N) is 2. The van der Waals surface area contributed by atoms with E-state index in [4.69, 9.17) is 4.52 Å². The lowest BCUT2D eigenvalue weighted by Gasteiger charge is -2.28. The van der Waals surface area contributed by atoms with Gasteiger partial charge < -0.3 is 14.3 Å². The zero-order chi connectivity index (χ0) is 17.6. The minimum absolute atomic E-state index is 0.893. The van der Waals surface area contributed by atoms with Gasteiger partial charge in [-0.05, 0) is 23.1 Å². The second-order valence-corrected chi connectivity index (χ2v) is 7.80. The third-order valence-corrected chi connectivity index (χ3v) is 5.82. The number of nitrogens with zero attached hydrogens (tertiary/aromatic N) is 1. The molecule has 0 radical (unpaired) electrons. The zero-order valence-electron chi connectivity index (χ0n) is 14.9. The van der Waals surface area contributed by atoms with Crippen LogP contribution in [0.5, 0.6) is 0 Å². The summed E-state index contributed by atoms with van der Waals surface area (Å²) in [6.45, 7) is 6.87. The molecule has 0 spiro atoms. The molecule has 1 aliphatic heterocycles. The fourth-order valence-corrected chi connectivity index (χ4v) is 4.12. The minimum Gasteiger partial charge on any atom is -0.355 e. The van der Waals surface area contributed by atoms with E-state index in [1.54, 1.807) is 21.1 Å². The number of piperazine rings is 1. The number of quaternary nitrogens is 2. The van der Waals surface area contributed by atoms with Gasteiger partial charge >= 0.3 is 0 Å². The third kappa shape index (κ3) is 4.49. The molecule has 3 aromatic rings. The standard InChI is InChI=1S/C21H23N3OS/c1-2-6-18(7-3-1)8-4-10-23-11-13-24(14-12-23)17-19-16-20(25-22-19)21-9-5-15-26-21/h1-9,15-16H,10-14,17H2/p+2/b8-4+. The summed E-state index contributed by atoms with van der Waals surface area (Å²) in [5.74, 6) is 0.893. The molecular formula is C21H25N3OS+2. The van der Waals surface area contributed by atoms with Crippen LogP contribution in [0, 0.1) is 0 Å². The van der Waals surface area contributed by atoms with Crippen molar-refractivity contribution in [2.24, 2.45) is 0 Å². The normalized spacial score (nSPS) is 20.6. The predicted molar refractivity (Wildman–Crippen MR) is 105 cm³/mol. The maximum atomic E-state index is 5.50. The number of benzene rings is 1. The summed E-state index contributed by atoms with van der Waals surface area (Å²) in [7, 11) is 0. The molecule has 2 N–H and O–H groups in total. The number of aromatic nitrogens is 1. The smallest absolute Gasteiger partial charge is 0.177 e. The Hall–Kier alpha value is -2.21. The van der Waals surface area contributed by atoms with Crippen molar-refractivity contribution in [2.45, 2.75) is 6.54 Å². The van der Waals surface area contributed by atoms with E-state index in [9.17, 15) is 0 Å². The van der Waals surface area contributed by atoms with Gasteiger partial charge in [-0.3, -0.25) is 0 Å². The second kappa shape index (κ2) is 8.45. The zero-order valence-corrected chi connectivity index (χ0v) is 15.7. The molecule has 1 aliphatic rings. The van der Waals surface area contributed by atoms with Crippen molar-refractivity contribution in [1.29, 1.82) is 0 Å². The first-order valence-electron chi connectivity index (χ1n) is 9.25. The molecule has 2 aromatic heterocycles. The average molecular weight is 368 g/mol. The van der Waals surface area contributed by atoms with Gasteiger partial charge in [-0.25, -0.2) is 0 Å². The molecule has 4 rings (SSSR count). The van der Waals surface area contributed by atoms with Gasteiger partial charge in [0.2, 0.25) is 0 Å². The van der Waals surface area contributed by atoms with Crippen LogP contribution in [0.2, 0.25) is 0 Å². The highest BCUT2D eigenvalue weighted by atomic mass is 32.1. The maximum Gasteiger partial charge on any atom is 0.177 e. The summed E-state index contributed by atoms with van der Waals surface area (Å²) in [5, 5.41) is 6.33. The second-order valence-electron chi connectivity index (χ2n) is 6.85. The van der Waals surface area contributed by atoms with Crippen LogP contribution in [0.4, 0.5) is 0 Å². The molecule has 1 saturated heterocycles. The number of hydrogen-bond donors (Lipinski definition) is 2. The molecule has 0 amide bonds. The van der Waals surface area contributed by atoms with E-state index in [2.05, 4.69) is 65.2 Å². The van der Waals surface area contributed by atoms with Gasteiger partial charge in [-0.2, -0.15) is 0 Å². The molecular weight excluding hydrogens is 342 g/mol. The van der Waals surface area contributed by atoms with Crippen LogP contribution in [0.3, 0.4) is 0 Å². The van der Waals surface area contributed by atoms with Crippen molar-refractivity contribution in [3.63, 3.8) is 0 Å². The van der Waals surface area contributed by atoms with E-state index in [1.165, 1.54) is 31.7 Å². The number of rotatable bonds is 6. The lowest BCUT2D eigenvalue weighted by atomic mass is 10.2. The minimum atomic E-state index is 0.893. The van der Waals surface area contributed by atoms with Crippen LogP contribution in [0.15, 0.2) is 64.5 Å². The van der Waals surface area contributed by atoms with Crippen molar-refractivity contribution in [3.05, 3.63) is 71.2 Å². The van der Waals surface area contributed by atoms with Crippen LogP contribution in [0.25, 0.3) is 16.7 Å². The van der Waals surface area contributed by atoms with E-state index in [0.29, 0.717) is 0 Å². The summed E-state index contributed by atoms with van der Waals surface area (Å²) in [4.78, 5) is 4.42. The molecule has 3 heterocycles. The van der Waals surface area contributed by atoms with Gasteiger partial charge in [-0.1, -0.05) is 47.6 Å². The Kier molecular flexibility index (Phi) is 5.59. The Morgan fingerprint density at radius 3 is 2.58 bits per heavy atom. The molecule has 26 heavy (non-hydrogen) atoms. The van der Waals surface area contributed by atoms with Crippen molar-refractivity contribution in [3.8, 4) is 10.6 Å². The monoisotopic (exact) mass is 367 g/mol. The fraction of sp³-hybridized carbons (Fsp3) is 0.286. The molecule has 5 heteroatoms. The van der Waals surface area contributed by atoms with E-state index in [1.807, 2.05) is 6.07 Å². The Bertz CT molecular complexity index is 818. The SMILES string of the molecule is C(=C\c1ccccc1)/C[NH+]1CC[NH+](Cc2cc(-c3cccs3)on2)CC1. The third-order valence-electron chi connectivity index (χ3n) is 4.93. The van der Waals surface area contributed by atoms with Crippen LogP contribution < -0.4 is 9.80 Å². The van der Waals surface area contributed by atoms with Gasteiger partial charge in [0.25, 0.3) is 0 Å². The van der Waals surface area contributed by atoms with Crippen molar-refractivity contribution in [1.82, 2.24) is 5.16 Å². The Labute approximate surface area is 158 Å². The van der Waals surface area contributed by atoms with Crippen LogP contribution >= 0.6 is 11.3 Å². The Morgan fingerprint density at radius 2 is 1.81 bits per heavy atom. The summed E-state index contributed by atoms with van der Waals surface area (Å²) in [5.41, 5.74) is 2.35. The highest BCUT2D eigenvalue weighted by Gasteiger charge is 2.23. The Balaban J connectivity index is 1.23. The van der Waals surface area contributed by atoms with Gasteiger partial charge in [-0.15, -0.1) is 11.3 Å².